The minimum Gasteiger partial charge on any atom is -0.493 e. The van der Waals surface area contributed by atoms with Gasteiger partial charge in [0.2, 0.25) is 0 Å². The fourth-order valence-corrected chi connectivity index (χ4v) is 5.69. The Morgan fingerprint density at radius 3 is 2.96 bits per heavy atom. The number of aromatic nitrogens is 2. The third-order valence-corrected chi connectivity index (χ3v) is 7.33. The van der Waals surface area contributed by atoms with Gasteiger partial charge < -0.3 is 4.74 Å². The first-order valence-corrected chi connectivity index (χ1v) is 11.1. The summed E-state index contributed by atoms with van der Waals surface area (Å²) < 4.78 is 8.13. The lowest BCUT2D eigenvalue weighted by Gasteiger charge is -2.34. The lowest BCUT2D eigenvalue weighted by atomic mass is 10.00. The van der Waals surface area contributed by atoms with Gasteiger partial charge in [-0.3, -0.25) is 9.58 Å². The first-order valence-electron chi connectivity index (χ1n) is 9.92. The lowest BCUT2D eigenvalue weighted by molar-refractivity contribution is 0.188. The molecule has 0 radical (unpaired) electrons. The molecule has 2 aromatic rings. The molecule has 0 bridgehead atoms. The van der Waals surface area contributed by atoms with Crippen LogP contribution in [0.15, 0.2) is 24.4 Å². The van der Waals surface area contributed by atoms with E-state index in [1.54, 1.807) is 0 Å². The van der Waals surface area contributed by atoms with Crippen molar-refractivity contribution in [3.63, 3.8) is 0 Å². The van der Waals surface area contributed by atoms with E-state index in [0.717, 1.165) is 38.3 Å². The Labute approximate surface area is 159 Å². The number of rotatable bonds is 3. The molecule has 3 aliphatic rings. The smallest absolute Gasteiger partial charge is 0.122 e. The van der Waals surface area contributed by atoms with Gasteiger partial charge >= 0.3 is 0 Å². The zero-order valence-electron chi connectivity index (χ0n) is 15.5. The molecule has 1 saturated heterocycles. The Balaban J connectivity index is 1.33. The van der Waals surface area contributed by atoms with Crippen LogP contribution in [0, 0.1) is 0 Å². The van der Waals surface area contributed by atoms with E-state index in [0.29, 0.717) is 12.1 Å². The monoisotopic (exact) mass is 369 g/mol. The highest BCUT2D eigenvalue weighted by Crippen LogP contribution is 2.34. The third-order valence-electron chi connectivity index (χ3n) is 6.28. The highest BCUT2D eigenvalue weighted by molar-refractivity contribution is 7.99. The zero-order chi connectivity index (χ0) is 17.5. The van der Waals surface area contributed by atoms with Crippen LogP contribution >= 0.6 is 11.8 Å². The predicted octanol–water partition coefficient (Wildman–Crippen LogP) is 4.01. The molecule has 1 fully saturated rings. The second-order valence-electron chi connectivity index (χ2n) is 7.77. The molecule has 138 valence electrons. The molecule has 0 N–H and O–H groups in total. The van der Waals surface area contributed by atoms with Gasteiger partial charge in [0, 0.05) is 43.2 Å². The van der Waals surface area contributed by atoms with Crippen molar-refractivity contribution < 1.29 is 4.74 Å². The van der Waals surface area contributed by atoms with E-state index in [4.69, 9.17) is 9.84 Å². The minimum absolute atomic E-state index is 0.409. The van der Waals surface area contributed by atoms with E-state index >= 15 is 0 Å². The summed E-state index contributed by atoms with van der Waals surface area (Å²) in [6.45, 7) is 5.28. The highest BCUT2D eigenvalue weighted by atomic mass is 32.2. The first-order chi connectivity index (χ1) is 12.8. The number of benzene rings is 1. The molecule has 0 aliphatic carbocycles. The summed E-state index contributed by atoms with van der Waals surface area (Å²) in [5.74, 6) is 3.65. The number of hydrogen-bond donors (Lipinski definition) is 0. The van der Waals surface area contributed by atoms with Gasteiger partial charge in [-0.15, -0.1) is 0 Å². The van der Waals surface area contributed by atoms with Crippen molar-refractivity contribution in [2.24, 2.45) is 0 Å². The van der Waals surface area contributed by atoms with Crippen molar-refractivity contribution >= 4 is 11.8 Å². The minimum atomic E-state index is 0.409. The number of fused-ring (bicyclic) bond motifs is 2. The molecular formula is C21H27N3OS. The van der Waals surface area contributed by atoms with Gasteiger partial charge in [0.1, 0.15) is 5.75 Å². The van der Waals surface area contributed by atoms with Crippen molar-refractivity contribution in [3.8, 4) is 5.75 Å². The Kier molecular flexibility index (Phi) is 4.45. The Morgan fingerprint density at radius 1 is 1.19 bits per heavy atom. The third kappa shape index (κ3) is 2.95. The van der Waals surface area contributed by atoms with Crippen molar-refractivity contribution in [1.82, 2.24) is 14.7 Å². The fraction of sp³-hybridized carbons (Fsp3) is 0.571. The maximum atomic E-state index is 5.77. The zero-order valence-corrected chi connectivity index (χ0v) is 16.3. The van der Waals surface area contributed by atoms with Crippen LogP contribution in [0.2, 0.25) is 0 Å². The Bertz CT molecular complexity index is 797. The molecule has 4 nitrogen and oxygen atoms in total. The Hall–Kier alpha value is -1.46. The van der Waals surface area contributed by atoms with E-state index < -0.39 is 0 Å². The standard InChI is InChI=1S/C21H27N3OS/c1-15(17-3-2-16-5-9-25-21(16)12-17)23-8-4-20-18(14-23)13-22-24(20)19-6-10-26-11-7-19/h2-3,12-13,15,19H,4-11,14H2,1H3. The van der Waals surface area contributed by atoms with Gasteiger partial charge in [-0.1, -0.05) is 12.1 Å². The van der Waals surface area contributed by atoms with Crippen LogP contribution in [0.3, 0.4) is 0 Å². The van der Waals surface area contributed by atoms with Crippen LogP contribution in [-0.4, -0.2) is 39.3 Å². The fourth-order valence-electron chi connectivity index (χ4n) is 4.61. The lowest BCUT2D eigenvalue weighted by Crippen LogP contribution is -2.34. The van der Waals surface area contributed by atoms with Gasteiger partial charge in [0.05, 0.1) is 18.8 Å². The maximum absolute atomic E-state index is 5.77. The average molecular weight is 370 g/mol. The topological polar surface area (TPSA) is 30.3 Å². The average Bonchev–Trinajstić information content (AvgIpc) is 3.33. The molecule has 1 aromatic heterocycles. The largest absolute Gasteiger partial charge is 0.493 e. The van der Waals surface area contributed by atoms with E-state index in [1.807, 2.05) is 0 Å². The number of ether oxygens (including phenoxy) is 1. The summed E-state index contributed by atoms with van der Waals surface area (Å²) in [6, 6.07) is 7.83. The van der Waals surface area contributed by atoms with Crippen molar-refractivity contribution in [3.05, 3.63) is 46.8 Å². The van der Waals surface area contributed by atoms with E-state index in [1.165, 1.54) is 46.7 Å². The van der Waals surface area contributed by atoms with Crippen LogP contribution in [0.4, 0.5) is 0 Å². The molecule has 1 aromatic carbocycles. The number of hydrogen-bond acceptors (Lipinski definition) is 4. The van der Waals surface area contributed by atoms with Gasteiger partial charge in [-0.25, -0.2) is 0 Å². The van der Waals surface area contributed by atoms with E-state index in [-0.39, 0.29) is 0 Å². The summed E-state index contributed by atoms with van der Waals surface area (Å²) in [4.78, 5) is 2.59. The van der Waals surface area contributed by atoms with Gasteiger partial charge in [0.15, 0.2) is 0 Å². The number of nitrogens with zero attached hydrogens (tertiary/aromatic N) is 3. The summed E-state index contributed by atoms with van der Waals surface area (Å²) in [7, 11) is 0. The molecule has 0 saturated carbocycles. The van der Waals surface area contributed by atoms with Crippen LogP contribution in [-0.2, 0) is 19.4 Å². The van der Waals surface area contributed by atoms with Crippen molar-refractivity contribution in [2.75, 3.05) is 24.7 Å². The maximum Gasteiger partial charge on any atom is 0.122 e. The van der Waals surface area contributed by atoms with Crippen LogP contribution in [0.1, 0.15) is 54.2 Å². The molecule has 0 spiro atoms. The predicted molar refractivity (Wildman–Crippen MR) is 106 cm³/mol. The summed E-state index contributed by atoms with van der Waals surface area (Å²) in [5, 5.41) is 4.80. The molecular weight excluding hydrogens is 342 g/mol. The second kappa shape index (κ2) is 6.93. The number of thioether (sulfide) groups is 1. The SMILES string of the molecule is CC(c1ccc2c(c1)OCC2)N1CCc2c(cnn2C2CCSCC2)C1. The molecule has 1 unspecified atom stereocenters. The second-order valence-corrected chi connectivity index (χ2v) is 8.99. The van der Waals surface area contributed by atoms with Gasteiger partial charge in [-0.05, 0) is 48.5 Å². The van der Waals surface area contributed by atoms with Crippen molar-refractivity contribution in [1.29, 1.82) is 0 Å². The summed E-state index contributed by atoms with van der Waals surface area (Å²) >= 11 is 2.08. The molecule has 5 heteroatoms. The summed E-state index contributed by atoms with van der Waals surface area (Å²) in [6.07, 6.45) is 6.84. The quantitative estimate of drug-likeness (QED) is 0.818. The molecule has 3 aliphatic heterocycles. The van der Waals surface area contributed by atoms with Crippen LogP contribution < -0.4 is 4.74 Å². The van der Waals surface area contributed by atoms with Gasteiger partial charge in [0.25, 0.3) is 0 Å². The van der Waals surface area contributed by atoms with Crippen molar-refractivity contribution in [2.45, 2.75) is 51.2 Å². The highest BCUT2D eigenvalue weighted by Gasteiger charge is 2.28. The molecule has 5 rings (SSSR count). The van der Waals surface area contributed by atoms with E-state index in [9.17, 15) is 0 Å². The normalized spacial score (nSPS) is 21.9. The van der Waals surface area contributed by atoms with Crippen LogP contribution in [0.25, 0.3) is 0 Å². The molecule has 26 heavy (non-hydrogen) atoms. The first kappa shape index (κ1) is 16.7. The molecule has 4 heterocycles. The molecule has 1 atom stereocenters. The Morgan fingerprint density at radius 2 is 2.08 bits per heavy atom. The van der Waals surface area contributed by atoms with Crippen LogP contribution in [0.5, 0.6) is 5.75 Å². The summed E-state index contributed by atoms with van der Waals surface area (Å²) in [5.41, 5.74) is 5.64. The van der Waals surface area contributed by atoms with E-state index in [2.05, 4.69) is 52.7 Å². The molecule has 0 amide bonds. The van der Waals surface area contributed by atoms with Gasteiger partial charge in [-0.2, -0.15) is 16.9 Å².